The van der Waals surface area contributed by atoms with Crippen molar-refractivity contribution in [1.82, 2.24) is 0 Å². The molecule has 0 saturated carbocycles. The number of benzene rings is 2. The van der Waals surface area contributed by atoms with Gasteiger partial charge in [-0.2, -0.15) is 0 Å². The lowest BCUT2D eigenvalue weighted by Gasteiger charge is -2.30. The van der Waals surface area contributed by atoms with Gasteiger partial charge in [-0.05, 0) is 63.4 Å². The standard InChI is InChI=1S/C28H33FO9/c1-4-34-25(30)24(28(33,26(31)35-5-2)27(32)36-6-3)37-18-9-7-8-11-20-14-16-22(17-15-20)38-23-13-10-12-21(29)19-23/h8,10-17,19,24,33H,4-7,9,18H2,1-3H3/b11-8+. The van der Waals surface area contributed by atoms with Crippen molar-refractivity contribution in [2.45, 2.75) is 45.3 Å². The third-order valence-corrected chi connectivity index (χ3v) is 5.08. The second-order valence-electron chi connectivity index (χ2n) is 7.88. The van der Waals surface area contributed by atoms with Gasteiger partial charge >= 0.3 is 17.9 Å². The van der Waals surface area contributed by atoms with Crippen molar-refractivity contribution < 1.29 is 47.6 Å². The molecule has 0 spiro atoms. The highest BCUT2D eigenvalue weighted by Crippen LogP contribution is 2.23. The molecule has 10 heteroatoms. The van der Waals surface area contributed by atoms with Crippen molar-refractivity contribution >= 4 is 24.0 Å². The zero-order valence-electron chi connectivity index (χ0n) is 21.7. The SMILES string of the molecule is CCOC(=O)C(OCCC/C=C/c1ccc(Oc2cccc(F)c2)cc1)C(O)(C(=O)OCC)C(=O)OCC. The minimum Gasteiger partial charge on any atom is -0.464 e. The summed E-state index contributed by atoms with van der Waals surface area (Å²) in [5.74, 6) is -3.24. The van der Waals surface area contributed by atoms with Crippen LogP contribution in [0, 0.1) is 5.82 Å². The maximum Gasteiger partial charge on any atom is 0.353 e. The van der Waals surface area contributed by atoms with E-state index in [0.717, 1.165) is 5.56 Å². The first-order chi connectivity index (χ1) is 18.3. The molecule has 206 valence electrons. The van der Waals surface area contributed by atoms with Gasteiger partial charge in [-0.25, -0.2) is 18.8 Å². The Kier molecular flexibility index (Phi) is 12.4. The largest absolute Gasteiger partial charge is 0.464 e. The maximum absolute atomic E-state index is 13.3. The number of hydrogen-bond donors (Lipinski definition) is 1. The summed E-state index contributed by atoms with van der Waals surface area (Å²) in [4.78, 5) is 37.4. The molecule has 2 rings (SSSR count). The van der Waals surface area contributed by atoms with E-state index in [1.165, 1.54) is 32.9 Å². The van der Waals surface area contributed by atoms with Crippen molar-refractivity contribution in [1.29, 1.82) is 0 Å². The van der Waals surface area contributed by atoms with E-state index >= 15 is 0 Å². The van der Waals surface area contributed by atoms with Gasteiger partial charge in [-0.1, -0.05) is 30.4 Å². The zero-order chi connectivity index (χ0) is 28.0. The molecule has 0 aromatic heterocycles. The molecule has 0 bridgehead atoms. The molecule has 0 radical (unpaired) electrons. The van der Waals surface area contributed by atoms with Gasteiger partial charge < -0.3 is 28.8 Å². The summed E-state index contributed by atoms with van der Waals surface area (Å²) >= 11 is 0. The Balaban J connectivity index is 1.97. The van der Waals surface area contributed by atoms with E-state index < -0.39 is 29.6 Å². The zero-order valence-corrected chi connectivity index (χ0v) is 21.7. The van der Waals surface area contributed by atoms with Crippen LogP contribution in [0.5, 0.6) is 11.5 Å². The van der Waals surface area contributed by atoms with E-state index in [4.69, 9.17) is 23.7 Å². The van der Waals surface area contributed by atoms with Crippen molar-refractivity contribution in [3.8, 4) is 11.5 Å². The Morgan fingerprint density at radius 3 is 2.13 bits per heavy atom. The summed E-state index contributed by atoms with van der Waals surface area (Å²) in [5, 5.41) is 10.9. The average molecular weight is 533 g/mol. The van der Waals surface area contributed by atoms with Crippen molar-refractivity contribution in [3.63, 3.8) is 0 Å². The summed E-state index contributed by atoms with van der Waals surface area (Å²) < 4.78 is 38.9. The minimum absolute atomic E-state index is 0.0603. The number of unbranched alkanes of at least 4 members (excludes halogenated alkanes) is 1. The Hall–Kier alpha value is -3.76. The van der Waals surface area contributed by atoms with E-state index in [2.05, 4.69) is 0 Å². The van der Waals surface area contributed by atoms with Gasteiger partial charge in [0, 0.05) is 12.7 Å². The predicted molar refractivity (Wildman–Crippen MR) is 136 cm³/mol. The van der Waals surface area contributed by atoms with Crippen LogP contribution >= 0.6 is 0 Å². The fourth-order valence-electron chi connectivity index (χ4n) is 3.29. The Labute approximate surface area is 221 Å². The van der Waals surface area contributed by atoms with Crippen molar-refractivity contribution in [2.75, 3.05) is 26.4 Å². The lowest BCUT2D eigenvalue weighted by molar-refractivity contribution is -0.208. The second-order valence-corrected chi connectivity index (χ2v) is 7.88. The molecular weight excluding hydrogens is 499 g/mol. The first kappa shape index (κ1) is 30.5. The number of hydrogen-bond acceptors (Lipinski definition) is 9. The molecule has 0 heterocycles. The van der Waals surface area contributed by atoms with Crippen LogP contribution in [-0.4, -0.2) is 61.1 Å². The van der Waals surface area contributed by atoms with E-state index in [9.17, 15) is 23.9 Å². The second kappa shape index (κ2) is 15.5. The third-order valence-electron chi connectivity index (χ3n) is 5.08. The Morgan fingerprint density at radius 2 is 1.55 bits per heavy atom. The summed E-state index contributed by atoms with van der Waals surface area (Å²) in [5.41, 5.74) is -2.12. The quantitative estimate of drug-likeness (QED) is 0.156. The first-order valence-electron chi connectivity index (χ1n) is 12.3. The van der Waals surface area contributed by atoms with E-state index in [1.54, 1.807) is 24.3 Å². The molecule has 2 aromatic rings. The monoisotopic (exact) mass is 532 g/mol. The summed E-state index contributed by atoms with van der Waals surface area (Å²) in [6.45, 7) is 4.10. The highest BCUT2D eigenvalue weighted by Gasteiger charge is 2.58. The Bertz CT molecular complexity index is 1060. The van der Waals surface area contributed by atoms with Gasteiger partial charge in [0.05, 0.1) is 19.8 Å². The lowest BCUT2D eigenvalue weighted by atomic mass is 9.96. The maximum atomic E-state index is 13.3. The molecule has 9 nitrogen and oxygen atoms in total. The van der Waals surface area contributed by atoms with Crippen LogP contribution in [0.25, 0.3) is 6.08 Å². The summed E-state index contributed by atoms with van der Waals surface area (Å²) in [6, 6.07) is 13.0. The first-order valence-corrected chi connectivity index (χ1v) is 12.3. The molecule has 1 N–H and O–H groups in total. The lowest BCUT2D eigenvalue weighted by Crippen LogP contribution is -2.61. The van der Waals surface area contributed by atoms with E-state index in [1.807, 2.05) is 24.3 Å². The molecule has 0 fully saturated rings. The molecule has 0 aliphatic heterocycles. The molecule has 2 aromatic carbocycles. The van der Waals surface area contributed by atoms with Gasteiger partial charge in [0.2, 0.25) is 6.10 Å². The van der Waals surface area contributed by atoms with Crippen molar-refractivity contribution in [2.24, 2.45) is 0 Å². The Morgan fingerprint density at radius 1 is 0.921 bits per heavy atom. The molecule has 38 heavy (non-hydrogen) atoms. The highest BCUT2D eigenvalue weighted by atomic mass is 19.1. The van der Waals surface area contributed by atoms with Crippen LogP contribution in [0.15, 0.2) is 54.6 Å². The number of carbonyl (C=O) groups is 3. The van der Waals surface area contributed by atoms with Crippen LogP contribution < -0.4 is 4.74 Å². The van der Waals surface area contributed by atoms with Crippen LogP contribution in [0.1, 0.15) is 39.2 Å². The summed E-state index contributed by atoms with van der Waals surface area (Å²) in [6.07, 6.45) is 2.69. The van der Waals surface area contributed by atoms with E-state index in [0.29, 0.717) is 24.3 Å². The smallest absolute Gasteiger partial charge is 0.353 e. The van der Waals surface area contributed by atoms with Crippen molar-refractivity contribution in [3.05, 3.63) is 66.0 Å². The minimum atomic E-state index is -3.01. The number of ether oxygens (including phenoxy) is 5. The van der Waals surface area contributed by atoms with Gasteiger partial charge in [-0.15, -0.1) is 0 Å². The van der Waals surface area contributed by atoms with E-state index in [-0.39, 0.29) is 32.2 Å². The molecule has 0 aliphatic rings. The van der Waals surface area contributed by atoms with Gasteiger partial charge in [0.15, 0.2) is 0 Å². The number of halogens is 1. The average Bonchev–Trinajstić information content (AvgIpc) is 2.89. The highest BCUT2D eigenvalue weighted by molar-refractivity contribution is 6.08. The molecule has 0 saturated heterocycles. The van der Waals surface area contributed by atoms with Crippen LogP contribution in [0.2, 0.25) is 0 Å². The third kappa shape index (κ3) is 8.67. The van der Waals surface area contributed by atoms with Crippen LogP contribution in [0.3, 0.4) is 0 Å². The van der Waals surface area contributed by atoms with Gasteiger partial charge in [-0.3, -0.25) is 0 Å². The number of esters is 3. The fraction of sp³-hybridized carbons (Fsp3) is 0.393. The molecule has 0 aliphatic carbocycles. The normalized spacial score (nSPS) is 12.1. The molecule has 1 atom stereocenters. The van der Waals surface area contributed by atoms with Gasteiger partial charge in [0.25, 0.3) is 5.60 Å². The number of allylic oxidation sites excluding steroid dienone is 1. The molecule has 0 amide bonds. The predicted octanol–water partition coefficient (Wildman–Crippen LogP) is 4.22. The molecule has 1 unspecified atom stereocenters. The topological polar surface area (TPSA) is 118 Å². The van der Waals surface area contributed by atoms with Gasteiger partial charge in [0.1, 0.15) is 17.3 Å². The van der Waals surface area contributed by atoms with Crippen LogP contribution in [-0.2, 0) is 33.3 Å². The number of carbonyl (C=O) groups excluding carboxylic acids is 3. The fourth-order valence-corrected chi connectivity index (χ4v) is 3.29. The van der Waals surface area contributed by atoms with Crippen LogP contribution in [0.4, 0.5) is 4.39 Å². The number of aliphatic hydroxyl groups is 1. The summed E-state index contributed by atoms with van der Waals surface area (Å²) in [7, 11) is 0. The number of rotatable bonds is 15. The molecular formula is C28H33FO9.